The Bertz CT molecular complexity index is 341. The number of hydrogen-bond acceptors (Lipinski definition) is 2. The highest BCUT2D eigenvalue weighted by molar-refractivity contribution is 5.22. The standard InChI is InChI=1S/C16H26N2/c1-3-14-4-6-15(7-5-14)10-12-18(2)13-11-17-16-8-9-16/h4-7,16-17H,3,8-13H2,1-2H3. The van der Waals surface area contributed by atoms with Crippen LogP contribution in [-0.2, 0) is 12.8 Å². The molecule has 2 rings (SSSR count). The molecular weight excluding hydrogens is 220 g/mol. The van der Waals surface area contributed by atoms with Crippen LogP contribution in [0.1, 0.15) is 30.9 Å². The highest BCUT2D eigenvalue weighted by Crippen LogP contribution is 2.17. The smallest absolute Gasteiger partial charge is 0.0104 e. The first-order valence-corrected chi connectivity index (χ1v) is 7.27. The molecule has 1 aromatic rings. The van der Waals surface area contributed by atoms with Crippen molar-refractivity contribution in [3.8, 4) is 0 Å². The zero-order valence-corrected chi connectivity index (χ0v) is 11.8. The molecule has 2 nitrogen and oxygen atoms in total. The maximum atomic E-state index is 3.56. The molecule has 0 heterocycles. The van der Waals surface area contributed by atoms with Crippen LogP contribution in [0.3, 0.4) is 0 Å². The molecule has 18 heavy (non-hydrogen) atoms. The van der Waals surface area contributed by atoms with Crippen LogP contribution in [0.15, 0.2) is 24.3 Å². The Hall–Kier alpha value is -0.860. The van der Waals surface area contributed by atoms with E-state index in [0.717, 1.165) is 38.5 Å². The van der Waals surface area contributed by atoms with Crippen molar-refractivity contribution in [2.75, 3.05) is 26.7 Å². The van der Waals surface area contributed by atoms with Crippen LogP contribution < -0.4 is 5.32 Å². The summed E-state index contributed by atoms with van der Waals surface area (Å²) in [6.07, 6.45) is 5.05. The van der Waals surface area contributed by atoms with Crippen molar-refractivity contribution < 1.29 is 0 Å². The van der Waals surface area contributed by atoms with Crippen LogP contribution in [0.5, 0.6) is 0 Å². The Labute approximate surface area is 111 Å². The minimum Gasteiger partial charge on any atom is -0.313 e. The third kappa shape index (κ3) is 4.79. The maximum Gasteiger partial charge on any atom is 0.0104 e. The van der Waals surface area contributed by atoms with Gasteiger partial charge >= 0.3 is 0 Å². The highest BCUT2D eigenvalue weighted by atomic mass is 15.1. The predicted molar refractivity (Wildman–Crippen MR) is 78.0 cm³/mol. The van der Waals surface area contributed by atoms with Crippen molar-refractivity contribution in [2.45, 2.75) is 38.6 Å². The molecule has 0 bridgehead atoms. The Morgan fingerprint density at radius 1 is 1.11 bits per heavy atom. The summed E-state index contributed by atoms with van der Waals surface area (Å²) in [5.41, 5.74) is 2.88. The molecule has 1 saturated carbocycles. The van der Waals surface area contributed by atoms with Gasteiger partial charge in [-0.25, -0.2) is 0 Å². The largest absolute Gasteiger partial charge is 0.313 e. The van der Waals surface area contributed by atoms with Gasteiger partial charge in [0.25, 0.3) is 0 Å². The van der Waals surface area contributed by atoms with Crippen LogP contribution in [0.2, 0.25) is 0 Å². The predicted octanol–water partition coefficient (Wildman–Crippen LogP) is 2.48. The first kappa shape index (κ1) is 13.6. The topological polar surface area (TPSA) is 15.3 Å². The lowest BCUT2D eigenvalue weighted by Crippen LogP contribution is -2.31. The second kappa shape index (κ2) is 6.91. The fraction of sp³-hybridized carbons (Fsp3) is 0.625. The molecule has 0 aromatic heterocycles. The van der Waals surface area contributed by atoms with Gasteiger partial charge in [-0.05, 0) is 43.9 Å². The van der Waals surface area contributed by atoms with Gasteiger partial charge in [-0.3, -0.25) is 0 Å². The molecular formula is C16H26N2. The lowest BCUT2D eigenvalue weighted by Gasteiger charge is -2.16. The van der Waals surface area contributed by atoms with Crippen molar-refractivity contribution in [2.24, 2.45) is 0 Å². The number of hydrogen-bond donors (Lipinski definition) is 1. The van der Waals surface area contributed by atoms with Gasteiger partial charge < -0.3 is 10.2 Å². The quantitative estimate of drug-likeness (QED) is 0.758. The van der Waals surface area contributed by atoms with Crippen LogP contribution in [0.4, 0.5) is 0 Å². The zero-order chi connectivity index (χ0) is 12.8. The Kier molecular flexibility index (Phi) is 5.21. The van der Waals surface area contributed by atoms with Crippen LogP contribution >= 0.6 is 0 Å². The van der Waals surface area contributed by atoms with E-state index in [1.807, 2.05) is 0 Å². The molecule has 0 amide bonds. The van der Waals surface area contributed by atoms with Crippen molar-refractivity contribution in [3.63, 3.8) is 0 Å². The zero-order valence-electron chi connectivity index (χ0n) is 11.8. The number of aryl methyl sites for hydroxylation is 1. The SMILES string of the molecule is CCc1ccc(CCN(C)CCNC2CC2)cc1. The van der Waals surface area contributed by atoms with Crippen LogP contribution in [0.25, 0.3) is 0 Å². The maximum absolute atomic E-state index is 3.56. The summed E-state index contributed by atoms with van der Waals surface area (Å²) in [5, 5.41) is 3.56. The number of benzene rings is 1. The van der Waals surface area contributed by atoms with Crippen molar-refractivity contribution in [3.05, 3.63) is 35.4 Å². The summed E-state index contributed by atoms with van der Waals surface area (Å²) >= 11 is 0. The molecule has 100 valence electrons. The average molecular weight is 246 g/mol. The van der Waals surface area contributed by atoms with E-state index in [9.17, 15) is 0 Å². The molecule has 1 fully saturated rings. The Morgan fingerprint density at radius 2 is 1.78 bits per heavy atom. The molecule has 0 spiro atoms. The number of nitrogens with one attached hydrogen (secondary N) is 1. The van der Waals surface area contributed by atoms with Gasteiger partial charge in [-0.15, -0.1) is 0 Å². The molecule has 1 aromatic carbocycles. The molecule has 0 atom stereocenters. The van der Waals surface area contributed by atoms with Gasteiger partial charge in [-0.2, -0.15) is 0 Å². The van der Waals surface area contributed by atoms with Crippen molar-refractivity contribution >= 4 is 0 Å². The molecule has 0 saturated heterocycles. The third-order valence-corrected chi connectivity index (χ3v) is 3.72. The summed E-state index contributed by atoms with van der Waals surface area (Å²) < 4.78 is 0. The van der Waals surface area contributed by atoms with Gasteiger partial charge in [-0.1, -0.05) is 31.2 Å². The number of rotatable bonds is 8. The minimum atomic E-state index is 0.833. The second-order valence-electron chi connectivity index (χ2n) is 5.45. The Morgan fingerprint density at radius 3 is 2.39 bits per heavy atom. The molecule has 0 radical (unpaired) electrons. The van der Waals surface area contributed by atoms with E-state index >= 15 is 0 Å². The van der Waals surface area contributed by atoms with E-state index in [2.05, 4.69) is 48.5 Å². The second-order valence-corrected chi connectivity index (χ2v) is 5.45. The number of nitrogens with zero attached hydrogens (tertiary/aromatic N) is 1. The van der Waals surface area contributed by atoms with E-state index < -0.39 is 0 Å². The highest BCUT2D eigenvalue weighted by Gasteiger charge is 2.19. The van der Waals surface area contributed by atoms with Gasteiger partial charge in [0.1, 0.15) is 0 Å². The summed E-state index contributed by atoms with van der Waals surface area (Å²) in [6, 6.07) is 9.89. The van der Waals surface area contributed by atoms with E-state index in [1.54, 1.807) is 0 Å². The van der Waals surface area contributed by atoms with E-state index in [-0.39, 0.29) is 0 Å². The van der Waals surface area contributed by atoms with Gasteiger partial charge in [0, 0.05) is 25.7 Å². The summed E-state index contributed by atoms with van der Waals surface area (Å²) in [5.74, 6) is 0. The average Bonchev–Trinajstić information content (AvgIpc) is 3.21. The first-order chi connectivity index (χ1) is 8.78. The summed E-state index contributed by atoms with van der Waals surface area (Å²) in [7, 11) is 2.22. The van der Waals surface area contributed by atoms with Gasteiger partial charge in [0.2, 0.25) is 0 Å². The fourth-order valence-electron chi connectivity index (χ4n) is 2.12. The molecule has 1 aliphatic rings. The molecule has 0 unspecified atom stereocenters. The van der Waals surface area contributed by atoms with E-state index in [4.69, 9.17) is 0 Å². The summed E-state index contributed by atoms with van der Waals surface area (Å²) in [6.45, 7) is 5.65. The van der Waals surface area contributed by atoms with Gasteiger partial charge in [0.15, 0.2) is 0 Å². The normalized spacial score (nSPS) is 15.3. The lowest BCUT2D eigenvalue weighted by atomic mass is 10.1. The number of likely N-dealkylation sites (N-methyl/N-ethyl adjacent to an activating group) is 1. The van der Waals surface area contributed by atoms with Crippen molar-refractivity contribution in [1.29, 1.82) is 0 Å². The first-order valence-electron chi connectivity index (χ1n) is 7.27. The van der Waals surface area contributed by atoms with Crippen molar-refractivity contribution in [1.82, 2.24) is 10.2 Å². The molecule has 1 aliphatic carbocycles. The van der Waals surface area contributed by atoms with Crippen LogP contribution in [0, 0.1) is 0 Å². The molecule has 0 aliphatic heterocycles. The minimum absolute atomic E-state index is 0.833. The van der Waals surface area contributed by atoms with E-state index in [0.29, 0.717) is 0 Å². The molecule has 2 heteroatoms. The fourth-order valence-corrected chi connectivity index (χ4v) is 2.12. The lowest BCUT2D eigenvalue weighted by molar-refractivity contribution is 0.335. The third-order valence-electron chi connectivity index (χ3n) is 3.72. The monoisotopic (exact) mass is 246 g/mol. The van der Waals surface area contributed by atoms with Crippen LogP contribution in [-0.4, -0.2) is 37.6 Å². The summed E-state index contributed by atoms with van der Waals surface area (Å²) in [4.78, 5) is 2.42. The molecule has 1 N–H and O–H groups in total. The van der Waals surface area contributed by atoms with Gasteiger partial charge in [0.05, 0.1) is 0 Å². The van der Waals surface area contributed by atoms with E-state index in [1.165, 1.54) is 24.0 Å². The Balaban J connectivity index is 1.62.